The van der Waals surface area contributed by atoms with E-state index in [0.717, 1.165) is 11.7 Å². The van der Waals surface area contributed by atoms with Crippen LogP contribution < -0.4 is 10.1 Å². The molecule has 0 unspecified atom stereocenters. The third kappa shape index (κ3) is 4.15. The van der Waals surface area contributed by atoms with Crippen molar-refractivity contribution >= 4 is 34.1 Å². The van der Waals surface area contributed by atoms with E-state index in [-0.39, 0.29) is 23.9 Å². The SMILES string of the molecule is CCOC(=O)c1ccccc1Nc1ncnc(Oc2cccc3cccnc23)c1[N+](=O)[O-]. The molecule has 0 aliphatic rings. The van der Waals surface area contributed by atoms with E-state index in [1.807, 2.05) is 12.1 Å². The number of benzene rings is 2. The zero-order valence-electron chi connectivity index (χ0n) is 16.9. The highest BCUT2D eigenvalue weighted by atomic mass is 16.6. The second kappa shape index (κ2) is 9.04. The number of fused-ring (bicyclic) bond motifs is 1. The molecule has 2 heterocycles. The summed E-state index contributed by atoms with van der Waals surface area (Å²) in [5.41, 5.74) is 0.553. The molecule has 160 valence electrons. The van der Waals surface area contributed by atoms with E-state index in [0.29, 0.717) is 17.0 Å². The van der Waals surface area contributed by atoms with E-state index in [9.17, 15) is 14.9 Å². The summed E-state index contributed by atoms with van der Waals surface area (Å²) in [4.78, 5) is 35.7. The lowest BCUT2D eigenvalue weighted by molar-refractivity contribution is -0.385. The Morgan fingerprint density at radius 1 is 1.06 bits per heavy atom. The van der Waals surface area contributed by atoms with E-state index in [1.165, 1.54) is 0 Å². The smallest absolute Gasteiger partial charge is 0.373 e. The van der Waals surface area contributed by atoms with Gasteiger partial charge in [-0.3, -0.25) is 15.1 Å². The Hall–Kier alpha value is -4.60. The van der Waals surface area contributed by atoms with Gasteiger partial charge < -0.3 is 14.8 Å². The molecule has 4 aromatic rings. The molecule has 4 rings (SSSR count). The topological polar surface area (TPSA) is 129 Å². The lowest BCUT2D eigenvalue weighted by Gasteiger charge is -2.12. The lowest BCUT2D eigenvalue weighted by atomic mass is 10.2. The Labute approximate surface area is 182 Å². The standard InChI is InChI=1S/C22H17N5O5/c1-2-31-22(28)15-9-3-4-10-16(15)26-20-19(27(29)30)21(25-13-24-20)32-17-11-5-7-14-8-6-12-23-18(14)17/h3-13H,2H2,1H3,(H,24,25,26). The molecule has 32 heavy (non-hydrogen) atoms. The van der Waals surface area contributed by atoms with E-state index in [2.05, 4.69) is 20.3 Å². The van der Waals surface area contributed by atoms with Crippen LogP contribution in [0.1, 0.15) is 17.3 Å². The van der Waals surface area contributed by atoms with Crippen LogP contribution in [-0.4, -0.2) is 32.5 Å². The number of hydrogen-bond donors (Lipinski definition) is 1. The molecule has 0 aliphatic carbocycles. The Bertz CT molecular complexity index is 1310. The Morgan fingerprint density at radius 3 is 2.69 bits per heavy atom. The van der Waals surface area contributed by atoms with Crippen LogP contribution >= 0.6 is 0 Å². The highest BCUT2D eigenvalue weighted by molar-refractivity contribution is 5.96. The molecule has 10 nitrogen and oxygen atoms in total. The Morgan fingerprint density at radius 2 is 1.88 bits per heavy atom. The minimum absolute atomic E-state index is 0.134. The number of hydrogen-bond acceptors (Lipinski definition) is 9. The third-order valence-corrected chi connectivity index (χ3v) is 4.45. The van der Waals surface area contributed by atoms with Crippen molar-refractivity contribution in [1.82, 2.24) is 15.0 Å². The zero-order valence-corrected chi connectivity index (χ0v) is 16.9. The van der Waals surface area contributed by atoms with Gasteiger partial charge in [-0.05, 0) is 31.2 Å². The molecule has 0 fully saturated rings. The second-order valence-corrected chi connectivity index (χ2v) is 6.46. The summed E-state index contributed by atoms with van der Waals surface area (Å²) in [6.07, 6.45) is 2.74. The van der Waals surface area contributed by atoms with Crippen LogP contribution in [0.3, 0.4) is 0 Å². The number of anilines is 2. The van der Waals surface area contributed by atoms with Crippen molar-refractivity contribution in [2.24, 2.45) is 0 Å². The molecular formula is C22H17N5O5. The first kappa shape index (κ1) is 20.7. The van der Waals surface area contributed by atoms with Crippen LogP contribution in [0.15, 0.2) is 67.1 Å². The largest absolute Gasteiger partial charge is 0.462 e. The molecule has 10 heteroatoms. The fourth-order valence-electron chi connectivity index (χ4n) is 3.06. The van der Waals surface area contributed by atoms with E-state index < -0.39 is 16.6 Å². The van der Waals surface area contributed by atoms with Crippen molar-refractivity contribution in [1.29, 1.82) is 0 Å². The molecule has 2 aromatic carbocycles. The number of pyridine rings is 1. The van der Waals surface area contributed by atoms with Gasteiger partial charge in [0.1, 0.15) is 11.8 Å². The van der Waals surface area contributed by atoms with Crippen LogP contribution in [0.2, 0.25) is 0 Å². The Balaban J connectivity index is 1.74. The van der Waals surface area contributed by atoms with Crippen molar-refractivity contribution in [2.45, 2.75) is 6.92 Å². The molecule has 0 aliphatic heterocycles. The third-order valence-electron chi connectivity index (χ3n) is 4.45. The average Bonchev–Trinajstić information content (AvgIpc) is 2.80. The van der Waals surface area contributed by atoms with Crippen molar-refractivity contribution in [3.63, 3.8) is 0 Å². The number of para-hydroxylation sites is 2. The van der Waals surface area contributed by atoms with Gasteiger partial charge in [0, 0.05) is 11.6 Å². The molecule has 0 spiro atoms. The number of aromatic nitrogens is 3. The molecule has 0 atom stereocenters. The van der Waals surface area contributed by atoms with Gasteiger partial charge in [0.2, 0.25) is 5.82 Å². The van der Waals surface area contributed by atoms with Crippen molar-refractivity contribution < 1.29 is 19.2 Å². The second-order valence-electron chi connectivity index (χ2n) is 6.46. The van der Waals surface area contributed by atoms with Crippen LogP contribution in [-0.2, 0) is 4.74 Å². The summed E-state index contributed by atoms with van der Waals surface area (Å²) < 4.78 is 10.8. The number of nitrogens with one attached hydrogen (secondary N) is 1. The van der Waals surface area contributed by atoms with Gasteiger partial charge in [0.15, 0.2) is 5.75 Å². The normalized spacial score (nSPS) is 10.5. The highest BCUT2D eigenvalue weighted by Gasteiger charge is 2.27. The maximum atomic E-state index is 12.2. The summed E-state index contributed by atoms with van der Waals surface area (Å²) >= 11 is 0. The summed E-state index contributed by atoms with van der Waals surface area (Å²) in [5.74, 6) is -0.655. The summed E-state index contributed by atoms with van der Waals surface area (Å²) in [5, 5.41) is 15.6. The summed E-state index contributed by atoms with van der Waals surface area (Å²) in [6.45, 7) is 1.88. The molecule has 0 radical (unpaired) electrons. The quantitative estimate of drug-likeness (QED) is 0.252. The maximum absolute atomic E-state index is 12.2. The van der Waals surface area contributed by atoms with E-state index in [4.69, 9.17) is 9.47 Å². The fourth-order valence-corrected chi connectivity index (χ4v) is 3.06. The highest BCUT2D eigenvalue weighted by Crippen LogP contribution is 2.37. The summed E-state index contributed by atoms with van der Waals surface area (Å²) in [7, 11) is 0. The Kier molecular flexibility index (Phi) is 5.84. The number of carbonyl (C=O) groups is 1. The predicted octanol–water partition coefficient (Wildman–Crippen LogP) is 4.65. The number of ether oxygens (including phenoxy) is 2. The van der Waals surface area contributed by atoms with Gasteiger partial charge in [-0.2, -0.15) is 4.98 Å². The number of rotatable bonds is 7. The van der Waals surface area contributed by atoms with E-state index >= 15 is 0 Å². The fraction of sp³-hybridized carbons (Fsp3) is 0.0909. The minimum Gasteiger partial charge on any atom is -0.462 e. The van der Waals surface area contributed by atoms with Crippen LogP contribution in [0.5, 0.6) is 11.6 Å². The monoisotopic (exact) mass is 431 g/mol. The lowest BCUT2D eigenvalue weighted by Crippen LogP contribution is -2.09. The van der Waals surface area contributed by atoms with Crippen molar-refractivity contribution in [3.8, 4) is 11.6 Å². The van der Waals surface area contributed by atoms with Crippen LogP contribution in [0, 0.1) is 10.1 Å². The zero-order chi connectivity index (χ0) is 22.5. The summed E-state index contributed by atoms with van der Waals surface area (Å²) in [6, 6.07) is 15.4. The molecule has 0 bridgehead atoms. The molecule has 0 saturated carbocycles. The number of carbonyl (C=O) groups excluding carboxylic acids is 1. The van der Waals surface area contributed by atoms with Gasteiger partial charge in [0.25, 0.3) is 0 Å². The molecule has 2 aromatic heterocycles. The predicted molar refractivity (Wildman–Crippen MR) is 116 cm³/mol. The minimum atomic E-state index is -0.650. The number of esters is 1. The number of nitro groups is 1. The molecule has 0 saturated heterocycles. The maximum Gasteiger partial charge on any atom is 0.373 e. The van der Waals surface area contributed by atoms with Gasteiger partial charge in [-0.1, -0.05) is 30.3 Å². The first-order valence-corrected chi connectivity index (χ1v) is 9.62. The van der Waals surface area contributed by atoms with Gasteiger partial charge >= 0.3 is 17.5 Å². The molecular weight excluding hydrogens is 414 g/mol. The first-order chi connectivity index (χ1) is 15.6. The molecule has 0 amide bonds. The molecule has 1 N–H and O–H groups in total. The van der Waals surface area contributed by atoms with Crippen LogP contribution in [0.25, 0.3) is 10.9 Å². The van der Waals surface area contributed by atoms with Gasteiger partial charge in [-0.15, -0.1) is 0 Å². The average molecular weight is 431 g/mol. The van der Waals surface area contributed by atoms with Crippen molar-refractivity contribution in [2.75, 3.05) is 11.9 Å². The van der Waals surface area contributed by atoms with E-state index in [1.54, 1.807) is 55.6 Å². The van der Waals surface area contributed by atoms with Gasteiger partial charge in [-0.25, -0.2) is 9.78 Å². The van der Waals surface area contributed by atoms with Crippen molar-refractivity contribution in [3.05, 3.63) is 82.8 Å². The first-order valence-electron chi connectivity index (χ1n) is 9.62. The number of nitrogens with zero attached hydrogens (tertiary/aromatic N) is 4. The van der Waals surface area contributed by atoms with Crippen LogP contribution in [0.4, 0.5) is 17.2 Å². The van der Waals surface area contributed by atoms with Gasteiger partial charge in [0.05, 0.1) is 22.8 Å².